The van der Waals surface area contributed by atoms with Crippen LogP contribution in [0.15, 0.2) is 0 Å². The second kappa shape index (κ2) is 50.3. The molecule has 0 heterocycles. The van der Waals surface area contributed by atoms with Crippen molar-refractivity contribution in [1.29, 1.82) is 0 Å². The Hall–Kier alpha value is -1.06. The predicted molar refractivity (Wildman–Crippen MR) is 255 cm³/mol. The first-order chi connectivity index (χ1) is 28.6. The van der Waals surface area contributed by atoms with Gasteiger partial charge in [-0.15, -0.1) is 0 Å². The summed E-state index contributed by atoms with van der Waals surface area (Å²) in [4.78, 5) is 21.9. The van der Waals surface area contributed by atoms with E-state index in [2.05, 4.69) is 13.8 Å². The van der Waals surface area contributed by atoms with Crippen molar-refractivity contribution in [2.75, 3.05) is 6.61 Å². The second-order valence-corrected chi connectivity index (χ2v) is 18.8. The molecule has 0 bridgehead atoms. The number of unbranched alkanes of at least 4 members (excludes halogenated alkanes) is 40. The molecule has 0 aromatic carbocycles. The number of carbonyl (C=O) groups excluding carboxylic acids is 1. The van der Waals surface area contributed by atoms with Crippen molar-refractivity contribution < 1.29 is 19.4 Å². The fraction of sp³-hybridized carbons (Fsp3) is 0.963. The van der Waals surface area contributed by atoms with Gasteiger partial charge in [-0.2, -0.15) is 0 Å². The first-order valence-electron chi connectivity index (χ1n) is 27.0. The van der Waals surface area contributed by atoms with Gasteiger partial charge < -0.3 is 9.84 Å². The highest BCUT2D eigenvalue weighted by Gasteiger charge is 2.09. The van der Waals surface area contributed by atoms with Gasteiger partial charge in [0.05, 0.1) is 19.4 Å². The van der Waals surface area contributed by atoms with Gasteiger partial charge in [-0.25, -0.2) is 0 Å². The Morgan fingerprint density at radius 3 is 0.793 bits per heavy atom. The molecule has 1 N–H and O–H groups in total. The molecular weight excluding hydrogens is 713 g/mol. The van der Waals surface area contributed by atoms with Crippen LogP contribution in [0.25, 0.3) is 0 Å². The van der Waals surface area contributed by atoms with Crippen LogP contribution in [0, 0.1) is 5.92 Å². The van der Waals surface area contributed by atoms with Crippen LogP contribution in [0.1, 0.15) is 322 Å². The molecule has 4 heteroatoms. The molecule has 0 unspecified atom stereocenters. The molecule has 0 aromatic rings. The number of hydrogen-bond acceptors (Lipinski definition) is 3. The number of carbonyl (C=O) groups is 2. The molecule has 0 saturated carbocycles. The predicted octanol–water partition coefficient (Wildman–Crippen LogP) is 19.0. The number of hydrogen-bond donors (Lipinski definition) is 1. The summed E-state index contributed by atoms with van der Waals surface area (Å²) >= 11 is 0. The summed E-state index contributed by atoms with van der Waals surface area (Å²) in [5.74, 6) is -0.338. The molecule has 0 atom stereocenters. The maximum Gasteiger partial charge on any atom is 0.306 e. The lowest BCUT2D eigenvalue weighted by atomic mass is 9.89. The molecule has 0 radical (unpaired) electrons. The topological polar surface area (TPSA) is 63.6 Å². The number of aliphatic carboxylic acids is 1. The van der Waals surface area contributed by atoms with E-state index in [1.54, 1.807) is 0 Å². The molecule has 0 aliphatic carbocycles. The largest absolute Gasteiger partial charge is 0.481 e. The molecule has 0 spiro atoms. The van der Waals surface area contributed by atoms with Crippen LogP contribution in [-0.4, -0.2) is 23.7 Å². The van der Waals surface area contributed by atoms with Crippen LogP contribution in [0.2, 0.25) is 0 Å². The molecule has 0 aliphatic rings. The van der Waals surface area contributed by atoms with E-state index in [9.17, 15) is 9.59 Å². The summed E-state index contributed by atoms with van der Waals surface area (Å²) in [6, 6.07) is 0. The van der Waals surface area contributed by atoms with Gasteiger partial charge in [0.15, 0.2) is 0 Å². The van der Waals surface area contributed by atoms with Crippen molar-refractivity contribution in [2.45, 2.75) is 322 Å². The summed E-state index contributed by atoms with van der Waals surface area (Å²) in [6.07, 6.45) is 65.3. The fourth-order valence-electron chi connectivity index (χ4n) is 8.99. The Labute approximate surface area is 364 Å². The third-order valence-corrected chi connectivity index (χ3v) is 13.0. The lowest BCUT2D eigenvalue weighted by Gasteiger charge is -2.17. The highest BCUT2D eigenvalue weighted by Crippen LogP contribution is 2.25. The summed E-state index contributed by atoms with van der Waals surface area (Å²) in [5.41, 5.74) is 0. The van der Waals surface area contributed by atoms with Crippen molar-refractivity contribution in [2.24, 2.45) is 5.92 Å². The van der Waals surface area contributed by atoms with Gasteiger partial charge in [0, 0.05) is 0 Å². The first-order valence-corrected chi connectivity index (χ1v) is 27.0. The fourth-order valence-corrected chi connectivity index (χ4v) is 8.99. The maximum atomic E-state index is 11.4. The van der Waals surface area contributed by atoms with E-state index >= 15 is 0 Å². The SMILES string of the molecule is CCCCCCCCCCCCCCCCC(CCCCCCCCCCCCCCCC)CCCCCCCCCCCCCCCCCOC(=O)CCC(=O)O. The molecule has 0 aliphatic heterocycles. The van der Waals surface area contributed by atoms with Crippen molar-refractivity contribution >= 4 is 11.9 Å². The Balaban J connectivity index is 3.92. The number of carboxylic acid groups (broad SMARTS) is 1. The quantitative estimate of drug-likeness (QED) is 0.0490. The zero-order chi connectivity index (χ0) is 42.1. The van der Waals surface area contributed by atoms with Gasteiger partial charge >= 0.3 is 11.9 Å². The summed E-state index contributed by atoms with van der Waals surface area (Å²) in [6.45, 7) is 5.05. The highest BCUT2D eigenvalue weighted by atomic mass is 16.5. The van der Waals surface area contributed by atoms with Gasteiger partial charge in [0.25, 0.3) is 0 Å². The van der Waals surface area contributed by atoms with Crippen LogP contribution in [-0.2, 0) is 14.3 Å². The summed E-state index contributed by atoms with van der Waals surface area (Å²) in [5, 5.41) is 8.62. The third kappa shape index (κ3) is 49.3. The van der Waals surface area contributed by atoms with E-state index in [1.807, 2.05) is 0 Å². The molecule has 346 valence electrons. The van der Waals surface area contributed by atoms with E-state index in [1.165, 1.54) is 283 Å². The van der Waals surface area contributed by atoms with Crippen LogP contribution >= 0.6 is 0 Å². The molecule has 4 nitrogen and oxygen atoms in total. The van der Waals surface area contributed by atoms with Crippen LogP contribution < -0.4 is 0 Å². The van der Waals surface area contributed by atoms with Gasteiger partial charge in [-0.05, 0) is 12.3 Å². The third-order valence-electron chi connectivity index (χ3n) is 13.0. The normalized spacial score (nSPS) is 11.6. The Morgan fingerprint density at radius 2 is 0.552 bits per heavy atom. The Kier molecular flexibility index (Phi) is 49.4. The monoisotopic (exact) mass is 819 g/mol. The zero-order valence-corrected chi connectivity index (χ0v) is 39.9. The zero-order valence-electron chi connectivity index (χ0n) is 39.9. The lowest BCUT2D eigenvalue weighted by molar-refractivity contribution is -0.147. The maximum absolute atomic E-state index is 11.4. The summed E-state index contributed by atoms with van der Waals surface area (Å²) in [7, 11) is 0. The Morgan fingerprint density at radius 1 is 0.328 bits per heavy atom. The van der Waals surface area contributed by atoms with Crippen LogP contribution in [0.4, 0.5) is 0 Å². The molecule has 0 rings (SSSR count). The van der Waals surface area contributed by atoms with Crippen molar-refractivity contribution in [1.82, 2.24) is 0 Å². The van der Waals surface area contributed by atoms with Crippen LogP contribution in [0.3, 0.4) is 0 Å². The van der Waals surface area contributed by atoms with E-state index in [0.717, 1.165) is 18.8 Å². The minimum absolute atomic E-state index is 0.0189. The number of carboxylic acids is 1. The number of ether oxygens (including phenoxy) is 1. The molecule has 0 saturated heterocycles. The first kappa shape index (κ1) is 56.9. The number of esters is 1. The van der Waals surface area contributed by atoms with E-state index in [0.29, 0.717) is 6.61 Å². The second-order valence-electron chi connectivity index (χ2n) is 18.8. The van der Waals surface area contributed by atoms with E-state index in [4.69, 9.17) is 9.84 Å². The average Bonchev–Trinajstić information content (AvgIpc) is 3.22. The Bertz CT molecular complexity index is 764. The van der Waals surface area contributed by atoms with Gasteiger partial charge in [0.2, 0.25) is 0 Å². The standard InChI is InChI=1S/C54H106O4/c1-3-5-7-9-11-13-15-17-22-26-30-34-38-42-46-52(47-43-39-35-31-27-23-18-16-14-12-10-8-6-4-2)48-44-40-36-32-28-24-20-19-21-25-29-33-37-41-45-51-58-54(57)50-49-53(55)56/h52H,3-51H2,1-2H3,(H,55,56). The average molecular weight is 819 g/mol. The van der Waals surface area contributed by atoms with Crippen molar-refractivity contribution in [3.8, 4) is 0 Å². The van der Waals surface area contributed by atoms with Crippen molar-refractivity contribution in [3.05, 3.63) is 0 Å². The molecule has 0 fully saturated rings. The minimum Gasteiger partial charge on any atom is -0.481 e. The van der Waals surface area contributed by atoms with Gasteiger partial charge in [-0.3, -0.25) is 9.59 Å². The van der Waals surface area contributed by atoms with Gasteiger partial charge in [0.1, 0.15) is 0 Å². The van der Waals surface area contributed by atoms with Crippen molar-refractivity contribution in [3.63, 3.8) is 0 Å². The van der Waals surface area contributed by atoms with Gasteiger partial charge in [-0.1, -0.05) is 303 Å². The lowest BCUT2D eigenvalue weighted by Crippen LogP contribution is -2.08. The molecular formula is C54H106O4. The summed E-state index contributed by atoms with van der Waals surface area (Å²) < 4.78 is 5.10. The van der Waals surface area contributed by atoms with E-state index in [-0.39, 0.29) is 18.8 Å². The van der Waals surface area contributed by atoms with E-state index < -0.39 is 5.97 Å². The molecule has 0 amide bonds. The smallest absolute Gasteiger partial charge is 0.306 e. The minimum atomic E-state index is -0.948. The molecule has 0 aromatic heterocycles. The molecule has 58 heavy (non-hydrogen) atoms. The number of rotatable bonds is 51. The highest BCUT2D eigenvalue weighted by molar-refractivity contribution is 5.76. The van der Waals surface area contributed by atoms with Crippen LogP contribution in [0.5, 0.6) is 0 Å².